The minimum Gasteiger partial charge on any atom is -0.497 e. The molecule has 2 aromatic rings. The van der Waals surface area contributed by atoms with Crippen LogP contribution in [0, 0.1) is 18.3 Å². The van der Waals surface area contributed by atoms with Crippen molar-refractivity contribution in [2.45, 2.75) is 13.5 Å². The molecule has 0 aliphatic heterocycles. The number of nitriles is 1. The normalized spacial score (nSPS) is 9.91. The largest absolute Gasteiger partial charge is 0.497 e. The van der Waals surface area contributed by atoms with E-state index in [-0.39, 0.29) is 5.91 Å². The van der Waals surface area contributed by atoms with Crippen LogP contribution in [0.5, 0.6) is 5.75 Å². The third kappa shape index (κ3) is 3.21. The lowest BCUT2D eigenvalue weighted by Crippen LogP contribution is -2.23. The van der Waals surface area contributed by atoms with E-state index in [1.807, 2.05) is 24.3 Å². The number of hydrogen-bond donors (Lipinski definition) is 2. The van der Waals surface area contributed by atoms with E-state index in [0.717, 1.165) is 11.3 Å². The van der Waals surface area contributed by atoms with Crippen molar-refractivity contribution in [1.29, 1.82) is 5.26 Å². The third-order valence-corrected chi connectivity index (χ3v) is 4.53. The fourth-order valence-corrected chi connectivity index (χ4v) is 3.04. The van der Waals surface area contributed by atoms with E-state index in [1.54, 1.807) is 21.1 Å². The monoisotopic (exact) mass is 315 g/mol. The highest BCUT2D eigenvalue weighted by molar-refractivity contribution is 7.17. The molecule has 6 heteroatoms. The van der Waals surface area contributed by atoms with Crippen LogP contribution < -0.4 is 15.4 Å². The van der Waals surface area contributed by atoms with Gasteiger partial charge < -0.3 is 15.4 Å². The van der Waals surface area contributed by atoms with Crippen molar-refractivity contribution in [2.75, 3.05) is 19.5 Å². The maximum Gasteiger partial charge on any atom is 0.254 e. The van der Waals surface area contributed by atoms with Gasteiger partial charge in [0.05, 0.1) is 12.7 Å². The first-order chi connectivity index (χ1) is 10.6. The smallest absolute Gasteiger partial charge is 0.254 e. The summed E-state index contributed by atoms with van der Waals surface area (Å²) in [6, 6.07) is 9.62. The molecule has 1 aromatic carbocycles. The van der Waals surface area contributed by atoms with Gasteiger partial charge in [0.15, 0.2) is 0 Å². The molecular formula is C16H17N3O2S. The van der Waals surface area contributed by atoms with Crippen molar-refractivity contribution >= 4 is 22.2 Å². The van der Waals surface area contributed by atoms with Crippen LogP contribution >= 0.6 is 11.3 Å². The molecule has 2 N–H and O–H groups in total. The number of rotatable bonds is 5. The quantitative estimate of drug-likeness (QED) is 0.889. The molecule has 0 saturated heterocycles. The average molecular weight is 315 g/mol. The van der Waals surface area contributed by atoms with E-state index >= 15 is 0 Å². The fraction of sp³-hybridized carbons (Fsp3) is 0.250. The van der Waals surface area contributed by atoms with E-state index < -0.39 is 0 Å². The molecule has 0 atom stereocenters. The van der Waals surface area contributed by atoms with Crippen LogP contribution in [-0.4, -0.2) is 20.1 Å². The van der Waals surface area contributed by atoms with E-state index in [0.29, 0.717) is 27.5 Å². The molecule has 0 unspecified atom stereocenters. The van der Waals surface area contributed by atoms with E-state index in [2.05, 4.69) is 16.7 Å². The molecule has 0 bridgehead atoms. The minimum absolute atomic E-state index is 0.185. The zero-order valence-corrected chi connectivity index (χ0v) is 13.5. The highest BCUT2D eigenvalue weighted by Crippen LogP contribution is 2.32. The Labute approximate surface area is 133 Å². The molecule has 0 aliphatic carbocycles. The predicted octanol–water partition coefficient (Wildman–Crippen LogP) is 2.91. The molecule has 1 amide bonds. The van der Waals surface area contributed by atoms with Crippen LogP contribution in [0.3, 0.4) is 0 Å². The number of carbonyl (C=O) groups is 1. The average Bonchev–Trinajstić information content (AvgIpc) is 2.89. The Bertz CT molecular complexity index is 714. The van der Waals surface area contributed by atoms with Crippen LogP contribution in [0.4, 0.5) is 5.00 Å². The summed E-state index contributed by atoms with van der Waals surface area (Å²) in [5.74, 6) is 0.593. The molecule has 1 aromatic heterocycles. The minimum atomic E-state index is -0.185. The molecule has 0 aliphatic rings. The molecule has 1 heterocycles. The Morgan fingerprint density at radius 2 is 2.05 bits per heavy atom. The molecule has 0 fully saturated rings. The standard InChI is InChI=1S/C16H17N3O2S/c1-10-13(8-17)22-16(18-2)14(10)15(20)19-9-11-4-6-12(21-3)7-5-11/h4-7,18H,9H2,1-3H3,(H,19,20). The van der Waals surface area contributed by atoms with Crippen LogP contribution in [0.1, 0.15) is 26.4 Å². The van der Waals surface area contributed by atoms with Crippen molar-refractivity contribution < 1.29 is 9.53 Å². The second-order valence-corrected chi connectivity index (χ2v) is 5.67. The van der Waals surface area contributed by atoms with E-state index in [4.69, 9.17) is 10.00 Å². The van der Waals surface area contributed by atoms with Gasteiger partial charge in [0.1, 0.15) is 21.7 Å². The molecule has 0 radical (unpaired) electrons. The van der Waals surface area contributed by atoms with Crippen molar-refractivity contribution in [2.24, 2.45) is 0 Å². The highest BCUT2D eigenvalue weighted by atomic mass is 32.1. The second kappa shape index (κ2) is 6.96. The zero-order chi connectivity index (χ0) is 16.1. The van der Waals surface area contributed by atoms with Crippen molar-refractivity contribution in [1.82, 2.24) is 5.32 Å². The Hall–Kier alpha value is -2.52. The summed E-state index contributed by atoms with van der Waals surface area (Å²) in [6.07, 6.45) is 0. The van der Waals surface area contributed by atoms with Gasteiger partial charge in [-0.3, -0.25) is 4.79 Å². The van der Waals surface area contributed by atoms with Gasteiger partial charge in [-0.2, -0.15) is 5.26 Å². The number of anilines is 1. The van der Waals surface area contributed by atoms with Gasteiger partial charge in [-0.25, -0.2) is 0 Å². The molecule has 2 rings (SSSR count). The second-order valence-electron chi connectivity index (χ2n) is 4.65. The first-order valence-electron chi connectivity index (χ1n) is 6.73. The highest BCUT2D eigenvalue weighted by Gasteiger charge is 2.20. The first-order valence-corrected chi connectivity index (χ1v) is 7.54. The summed E-state index contributed by atoms with van der Waals surface area (Å²) < 4.78 is 5.10. The summed E-state index contributed by atoms with van der Waals surface area (Å²) in [5.41, 5.74) is 2.23. The number of hydrogen-bond acceptors (Lipinski definition) is 5. The van der Waals surface area contributed by atoms with Crippen LogP contribution in [0.25, 0.3) is 0 Å². The summed E-state index contributed by atoms with van der Waals surface area (Å²) in [4.78, 5) is 12.9. The fourth-order valence-electron chi connectivity index (χ4n) is 2.08. The van der Waals surface area contributed by atoms with Gasteiger partial charge >= 0.3 is 0 Å². The van der Waals surface area contributed by atoms with E-state index in [1.165, 1.54) is 11.3 Å². The number of methoxy groups -OCH3 is 1. The van der Waals surface area contributed by atoms with Crippen molar-refractivity contribution in [3.63, 3.8) is 0 Å². The van der Waals surface area contributed by atoms with Gasteiger partial charge in [-0.05, 0) is 30.2 Å². The molecule has 0 spiro atoms. The predicted molar refractivity (Wildman–Crippen MR) is 87.5 cm³/mol. The van der Waals surface area contributed by atoms with Crippen molar-refractivity contribution in [3.8, 4) is 11.8 Å². The first kappa shape index (κ1) is 15.9. The van der Waals surface area contributed by atoms with Crippen molar-refractivity contribution in [3.05, 3.63) is 45.8 Å². The summed E-state index contributed by atoms with van der Waals surface area (Å²) in [6.45, 7) is 2.21. The summed E-state index contributed by atoms with van der Waals surface area (Å²) in [5, 5.41) is 15.6. The number of amides is 1. The Balaban J connectivity index is 2.12. The van der Waals surface area contributed by atoms with Gasteiger partial charge in [0.25, 0.3) is 5.91 Å². The Morgan fingerprint density at radius 1 is 1.36 bits per heavy atom. The Morgan fingerprint density at radius 3 is 2.59 bits per heavy atom. The van der Waals surface area contributed by atoms with Gasteiger partial charge in [0, 0.05) is 13.6 Å². The zero-order valence-electron chi connectivity index (χ0n) is 12.7. The molecule has 114 valence electrons. The van der Waals surface area contributed by atoms with Gasteiger partial charge in [-0.15, -0.1) is 11.3 Å². The maximum absolute atomic E-state index is 12.4. The SMILES string of the molecule is CNc1sc(C#N)c(C)c1C(=O)NCc1ccc(OC)cc1. The number of carbonyl (C=O) groups excluding carboxylic acids is 1. The topological polar surface area (TPSA) is 74.2 Å². The Kier molecular flexibility index (Phi) is 5.02. The van der Waals surface area contributed by atoms with Crippen LogP contribution in [0.15, 0.2) is 24.3 Å². The summed E-state index contributed by atoms with van der Waals surface area (Å²) in [7, 11) is 3.36. The number of nitrogens with one attached hydrogen (secondary N) is 2. The lowest BCUT2D eigenvalue weighted by molar-refractivity contribution is 0.0951. The number of thiophene rings is 1. The number of ether oxygens (including phenoxy) is 1. The number of nitrogens with zero attached hydrogens (tertiary/aromatic N) is 1. The van der Waals surface area contributed by atoms with Crippen LogP contribution in [-0.2, 0) is 6.54 Å². The molecular weight excluding hydrogens is 298 g/mol. The van der Waals surface area contributed by atoms with Gasteiger partial charge in [-0.1, -0.05) is 12.1 Å². The maximum atomic E-state index is 12.4. The molecule has 22 heavy (non-hydrogen) atoms. The van der Waals surface area contributed by atoms with Gasteiger partial charge in [0.2, 0.25) is 0 Å². The molecule has 0 saturated carbocycles. The number of benzene rings is 1. The summed E-state index contributed by atoms with van der Waals surface area (Å²) >= 11 is 1.29. The molecule has 5 nitrogen and oxygen atoms in total. The third-order valence-electron chi connectivity index (χ3n) is 3.31. The van der Waals surface area contributed by atoms with E-state index in [9.17, 15) is 4.79 Å². The van der Waals surface area contributed by atoms with Crippen LogP contribution in [0.2, 0.25) is 0 Å². The lowest BCUT2D eigenvalue weighted by atomic mass is 10.1. The lowest BCUT2D eigenvalue weighted by Gasteiger charge is -2.08.